The van der Waals surface area contributed by atoms with Crippen molar-refractivity contribution in [1.82, 2.24) is 15.5 Å². The maximum absolute atomic E-state index is 13.2. The highest BCUT2D eigenvalue weighted by Crippen LogP contribution is 2.27. The molecule has 1 aromatic heterocycles. The summed E-state index contributed by atoms with van der Waals surface area (Å²) in [6.45, 7) is 0.234. The summed E-state index contributed by atoms with van der Waals surface area (Å²) < 4.78 is 29.2. The summed E-state index contributed by atoms with van der Waals surface area (Å²) in [4.78, 5) is 17.3. The quantitative estimate of drug-likeness (QED) is 0.462. The Morgan fingerprint density at radius 3 is 2.56 bits per heavy atom. The molecule has 32 heavy (non-hydrogen) atoms. The average molecular weight is 433 g/mol. The summed E-state index contributed by atoms with van der Waals surface area (Å²) in [6.07, 6.45) is 0. The molecule has 0 spiro atoms. The normalized spacial score (nSPS) is 10.6. The van der Waals surface area contributed by atoms with Crippen molar-refractivity contribution in [2.45, 2.75) is 6.54 Å². The van der Waals surface area contributed by atoms with Gasteiger partial charge in [0.2, 0.25) is 5.82 Å². The minimum absolute atomic E-state index is 0.189. The first-order valence-electron chi connectivity index (χ1n) is 9.77. The number of ether oxygens (including phenoxy) is 2. The van der Waals surface area contributed by atoms with E-state index in [1.165, 1.54) is 12.1 Å². The monoisotopic (exact) mass is 433 g/mol. The lowest BCUT2D eigenvalue weighted by Crippen LogP contribution is -2.23. The number of methoxy groups -OCH3 is 2. The van der Waals surface area contributed by atoms with Crippen LogP contribution in [0.5, 0.6) is 11.5 Å². The van der Waals surface area contributed by atoms with Gasteiger partial charge in [-0.3, -0.25) is 4.79 Å². The highest BCUT2D eigenvalue weighted by molar-refractivity contribution is 6.00. The van der Waals surface area contributed by atoms with E-state index in [1.807, 2.05) is 0 Å². The maximum atomic E-state index is 13.2. The lowest BCUT2D eigenvalue weighted by molar-refractivity contribution is 0.0951. The van der Waals surface area contributed by atoms with Gasteiger partial charge in [0, 0.05) is 17.7 Å². The van der Waals surface area contributed by atoms with Gasteiger partial charge in [0.1, 0.15) is 17.3 Å². The molecule has 1 heterocycles. The van der Waals surface area contributed by atoms with Crippen molar-refractivity contribution in [3.8, 4) is 34.3 Å². The summed E-state index contributed by atoms with van der Waals surface area (Å²) in [7, 11) is 3.14. The van der Waals surface area contributed by atoms with Crippen LogP contribution in [0.2, 0.25) is 0 Å². The molecule has 4 rings (SSSR count). The second kappa shape index (κ2) is 9.30. The highest BCUT2D eigenvalue weighted by atomic mass is 19.1. The molecule has 0 bridgehead atoms. The minimum atomic E-state index is -0.354. The number of carbonyl (C=O) groups excluding carboxylic acids is 1. The van der Waals surface area contributed by atoms with Gasteiger partial charge < -0.3 is 19.3 Å². The van der Waals surface area contributed by atoms with E-state index >= 15 is 0 Å². The van der Waals surface area contributed by atoms with Crippen LogP contribution in [0, 0.1) is 5.82 Å². The van der Waals surface area contributed by atoms with Crippen LogP contribution < -0.4 is 14.8 Å². The largest absolute Gasteiger partial charge is 0.497 e. The van der Waals surface area contributed by atoms with E-state index in [9.17, 15) is 9.18 Å². The third kappa shape index (κ3) is 4.44. The van der Waals surface area contributed by atoms with Gasteiger partial charge in [0.05, 0.1) is 25.3 Å². The van der Waals surface area contributed by atoms with Gasteiger partial charge in [0.25, 0.3) is 11.8 Å². The predicted molar refractivity (Wildman–Crippen MR) is 116 cm³/mol. The molecule has 0 atom stereocenters. The molecule has 0 radical (unpaired) electrons. The molecule has 0 aliphatic carbocycles. The Morgan fingerprint density at radius 1 is 1.03 bits per heavy atom. The molecule has 0 aliphatic heterocycles. The first-order chi connectivity index (χ1) is 15.6. The average Bonchev–Trinajstić information content (AvgIpc) is 3.33. The molecule has 0 saturated heterocycles. The molecule has 3 aromatic carbocycles. The Bertz CT molecular complexity index is 1240. The second-order valence-corrected chi connectivity index (χ2v) is 6.84. The fraction of sp³-hybridized carbons (Fsp3) is 0.125. The fourth-order valence-electron chi connectivity index (χ4n) is 3.21. The predicted octanol–water partition coefficient (Wildman–Crippen LogP) is 4.49. The van der Waals surface area contributed by atoms with Crippen molar-refractivity contribution < 1.29 is 23.2 Å². The highest BCUT2D eigenvalue weighted by Gasteiger charge is 2.18. The van der Waals surface area contributed by atoms with Gasteiger partial charge in [-0.2, -0.15) is 4.98 Å². The number of nitrogens with zero attached hydrogens (tertiary/aromatic N) is 2. The van der Waals surface area contributed by atoms with Crippen LogP contribution in [0.3, 0.4) is 0 Å². The lowest BCUT2D eigenvalue weighted by Gasteiger charge is -2.12. The van der Waals surface area contributed by atoms with Crippen LogP contribution in [0.25, 0.3) is 22.8 Å². The Kier molecular flexibility index (Phi) is 6.12. The molecular formula is C24H20FN3O4. The number of amides is 1. The summed E-state index contributed by atoms with van der Waals surface area (Å²) >= 11 is 0. The number of hydrogen-bond acceptors (Lipinski definition) is 6. The molecule has 1 N–H and O–H groups in total. The zero-order chi connectivity index (χ0) is 22.5. The van der Waals surface area contributed by atoms with E-state index in [0.717, 1.165) is 5.56 Å². The van der Waals surface area contributed by atoms with Gasteiger partial charge in [-0.25, -0.2) is 4.39 Å². The molecule has 4 aromatic rings. The fourth-order valence-corrected chi connectivity index (χ4v) is 3.21. The summed E-state index contributed by atoms with van der Waals surface area (Å²) in [5, 5.41) is 6.85. The topological polar surface area (TPSA) is 86.5 Å². The van der Waals surface area contributed by atoms with Crippen LogP contribution in [0.4, 0.5) is 4.39 Å². The summed E-state index contributed by atoms with van der Waals surface area (Å²) in [6, 6.07) is 18.1. The third-order valence-corrected chi connectivity index (χ3v) is 4.86. The van der Waals surface area contributed by atoms with E-state index in [4.69, 9.17) is 14.0 Å². The van der Waals surface area contributed by atoms with Crippen molar-refractivity contribution in [2.75, 3.05) is 14.2 Å². The molecule has 0 saturated carbocycles. The molecule has 8 heteroatoms. The number of halogens is 1. The Labute approximate surface area is 183 Å². The van der Waals surface area contributed by atoms with E-state index in [-0.39, 0.29) is 24.2 Å². The number of carbonyl (C=O) groups is 1. The molecule has 0 aliphatic rings. The summed E-state index contributed by atoms with van der Waals surface area (Å²) in [5.74, 6) is 1.12. The molecule has 0 fully saturated rings. The first kappa shape index (κ1) is 21.0. The maximum Gasteiger partial charge on any atom is 0.259 e. The number of benzene rings is 3. The first-order valence-corrected chi connectivity index (χ1v) is 9.77. The molecule has 1 amide bonds. The van der Waals surface area contributed by atoms with Crippen molar-refractivity contribution in [3.05, 3.63) is 83.7 Å². The van der Waals surface area contributed by atoms with E-state index in [1.54, 1.807) is 68.8 Å². The third-order valence-electron chi connectivity index (χ3n) is 4.86. The molecular weight excluding hydrogens is 413 g/mol. The Morgan fingerprint density at radius 2 is 1.81 bits per heavy atom. The Balaban J connectivity index is 1.56. The SMILES string of the molecule is COc1ccc(OC)c(CNC(=O)c2ccccc2-c2nc(-c3ccc(F)cc3)no2)c1. The second-order valence-electron chi connectivity index (χ2n) is 6.84. The van der Waals surface area contributed by atoms with Crippen LogP contribution in [-0.2, 0) is 6.54 Å². The number of hydrogen-bond donors (Lipinski definition) is 1. The van der Waals surface area contributed by atoms with Crippen LogP contribution in [-0.4, -0.2) is 30.3 Å². The van der Waals surface area contributed by atoms with Crippen molar-refractivity contribution in [3.63, 3.8) is 0 Å². The zero-order valence-electron chi connectivity index (χ0n) is 17.5. The number of aromatic nitrogens is 2. The van der Waals surface area contributed by atoms with E-state index in [2.05, 4.69) is 15.5 Å². The van der Waals surface area contributed by atoms with Gasteiger partial charge in [0.15, 0.2) is 0 Å². The number of rotatable bonds is 7. The van der Waals surface area contributed by atoms with Crippen LogP contribution in [0.1, 0.15) is 15.9 Å². The van der Waals surface area contributed by atoms with E-state index < -0.39 is 0 Å². The molecule has 7 nitrogen and oxygen atoms in total. The zero-order valence-corrected chi connectivity index (χ0v) is 17.5. The van der Waals surface area contributed by atoms with Crippen molar-refractivity contribution >= 4 is 5.91 Å². The van der Waals surface area contributed by atoms with Crippen molar-refractivity contribution in [2.24, 2.45) is 0 Å². The van der Waals surface area contributed by atoms with Gasteiger partial charge in [-0.1, -0.05) is 17.3 Å². The van der Waals surface area contributed by atoms with E-state index in [0.29, 0.717) is 34.0 Å². The van der Waals surface area contributed by atoms with Gasteiger partial charge in [-0.15, -0.1) is 0 Å². The smallest absolute Gasteiger partial charge is 0.259 e. The van der Waals surface area contributed by atoms with Gasteiger partial charge >= 0.3 is 0 Å². The standard InChI is InChI=1S/C24H20FN3O4/c1-30-18-11-12-21(31-2)16(13-18)14-26-23(29)19-5-3-4-6-20(19)24-27-22(28-32-24)15-7-9-17(25)10-8-15/h3-13H,14H2,1-2H3,(H,26,29). The van der Waals surface area contributed by atoms with Crippen molar-refractivity contribution in [1.29, 1.82) is 0 Å². The molecule has 0 unspecified atom stereocenters. The molecule has 162 valence electrons. The Hall–Kier alpha value is -4.20. The lowest BCUT2D eigenvalue weighted by atomic mass is 10.1. The number of nitrogens with one attached hydrogen (secondary N) is 1. The van der Waals surface area contributed by atoms with Crippen LogP contribution in [0.15, 0.2) is 71.3 Å². The minimum Gasteiger partial charge on any atom is -0.497 e. The summed E-state index contributed by atoms with van der Waals surface area (Å²) in [5.41, 5.74) is 2.25. The van der Waals surface area contributed by atoms with Gasteiger partial charge in [-0.05, 0) is 54.6 Å². The van der Waals surface area contributed by atoms with Crippen LogP contribution >= 0.6 is 0 Å².